The van der Waals surface area contributed by atoms with Gasteiger partial charge in [0.25, 0.3) is 0 Å². The molecule has 110 valence electrons. The fourth-order valence-electron chi connectivity index (χ4n) is 2.49. The molecule has 0 heterocycles. The topological polar surface area (TPSA) is 59.0 Å². The Morgan fingerprint density at radius 1 is 1.25 bits per heavy atom. The second-order valence-electron chi connectivity index (χ2n) is 5.74. The van der Waals surface area contributed by atoms with E-state index in [0.29, 0.717) is 18.0 Å². The lowest BCUT2D eigenvalue weighted by atomic mass is 9.87. The predicted molar refractivity (Wildman–Crippen MR) is 82.5 cm³/mol. The van der Waals surface area contributed by atoms with Crippen molar-refractivity contribution in [3.05, 3.63) is 35.4 Å². The highest BCUT2D eigenvalue weighted by Crippen LogP contribution is 2.29. The standard InChI is InChI=1S/C17H26N2O/c1-4-20-17(2,3)11-9-16(10-12-18)15-7-5-14(13-19)6-8-15/h5-8,16H,4,9-12,18H2,1-3H3. The molecule has 3 heteroatoms. The molecule has 2 N–H and O–H groups in total. The number of nitriles is 1. The highest BCUT2D eigenvalue weighted by molar-refractivity contribution is 5.33. The molecule has 1 atom stereocenters. The summed E-state index contributed by atoms with van der Waals surface area (Å²) in [5, 5.41) is 8.85. The summed E-state index contributed by atoms with van der Waals surface area (Å²) in [5.74, 6) is 0.437. The van der Waals surface area contributed by atoms with Gasteiger partial charge in [0.15, 0.2) is 0 Å². The number of ether oxygens (including phenoxy) is 1. The van der Waals surface area contributed by atoms with Crippen LogP contribution in [-0.2, 0) is 4.74 Å². The second kappa shape index (κ2) is 8.04. The molecule has 0 bridgehead atoms. The van der Waals surface area contributed by atoms with Crippen molar-refractivity contribution in [2.45, 2.75) is 51.6 Å². The summed E-state index contributed by atoms with van der Waals surface area (Å²) in [4.78, 5) is 0. The molecule has 0 aliphatic heterocycles. The van der Waals surface area contributed by atoms with Crippen LogP contribution in [0.15, 0.2) is 24.3 Å². The average molecular weight is 274 g/mol. The summed E-state index contributed by atoms with van der Waals surface area (Å²) < 4.78 is 5.76. The number of nitrogens with zero attached hydrogens (tertiary/aromatic N) is 1. The highest BCUT2D eigenvalue weighted by Gasteiger charge is 2.20. The molecule has 3 nitrogen and oxygen atoms in total. The fourth-order valence-corrected chi connectivity index (χ4v) is 2.49. The zero-order chi connectivity index (χ0) is 15.0. The van der Waals surface area contributed by atoms with E-state index in [2.05, 4.69) is 19.9 Å². The molecule has 0 amide bonds. The van der Waals surface area contributed by atoms with Crippen LogP contribution in [0.3, 0.4) is 0 Å². The lowest BCUT2D eigenvalue weighted by Gasteiger charge is -2.27. The van der Waals surface area contributed by atoms with Gasteiger partial charge < -0.3 is 10.5 Å². The zero-order valence-electron chi connectivity index (χ0n) is 12.9. The Morgan fingerprint density at radius 2 is 1.90 bits per heavy atom. The fraction of sp³-hybridized carbons (Fsp3) is 0.588. The molecule has 0 aliphatic carbocycles. The van der Waals surface area contributed by atoms with E-state index in [-0.39, 0.29) is 5.60 Å². The molecule has 0 saturated carbocycles. The van der Waals surface area contributed by atoms with Crippen LogP contribution < -0.4 is 5.73 Å². The molecule has 0 spiro atoms. The Kier molecular flexibility index (Phi) is 6.70. The van der Waals surface area contributed by atoms with E-state index in [1.54, 1.807) is 0 Å². The maximum atomic E-state index is 8.85. The quantitative estimate of drug-likeness (QED) is 0.788. The lowest BCUT2D eigenvalue weighted by Crippen LogP contribution is -2.25. The average Bonchev–Trinajstić information content (AvgIpc) is 2.43. The number of nitrogens with two attached hydrogens (primary N) is 1. The van der Waals surface area contributed by atoms with E-state index in [1.165, 1.54) is 5.56 Å². The summed E-state index contributed by atoms with van der Waals surface area (Å²) in [6.07, 6.45) is 3.02. The van der Waals surface area contributed by atoms with Crippen LogP contribution in [0.2, 0.25) is 0 Å². The summed E-state index contributed by atoms with van der Waals surface area (Å²) >= 11 is 0. The van der Waals surface area contributed by atoms with Crippen molar-refractivity contribution >= 4 is 0 Å². The van der Waals surface area contributed by atoms with Gasteiger partial charge in [0.2, 0.25) is 0 Å². The number of hydrogen-bond donors (Lipinski definition) is 1. The third kappa shape index (κ3) is 5.32. The van der Waals surface area contributed by atoms with Crippen LogP contribution in [0, 0.1) is 11.3 Å². The summed E-state index contributed by atoms with van der Waals surface area (Å²) in [6.45, 7) is 7.72. The largest absolute Gasteiger partial charge is 0.376 e. The van der Waals surface area contributed by atoms with Gasteiger partial charge in [-0.05, 0) is 70.2 Å². The first kappa shape index (κ1) is 16.7. The van der Waals surface area contributed by atoms with Crippen molar-refractivity contribution in [2.24, 2.45) is 5.73 Å². The van der Waals surface area contributed by atoms with Crippen molar-refractivity contribution in [3.63, 3.8) is 0 Å². The van der Waals surface area contributed by atoms with Gasteiger partial charge >= 0.3 is 0 Å². The van der Waals surface area contributed by atoms with E-state index in [0.717, 1.165) is 25.9 Å². The smallest absolute Gasteiger partial charge is 0.0991 e. The Bertz CT molecular complexity index is 431. The van der Waals surface area contributed by atoms with Gasteiger partial charge in [0, 0.05) is 6.61 Å². The first-order valence-corrected chi connectivity index (χ1v) is 7.36. The minimum absolute atomic E-state index is 0.0891. The molecule has 1 unspecified atom stereocenters. The molecule has 1 aromatic rings. The first-order valence-electron chi connectivity index (χ1n) is 7.36. The Morgan fingerprint density at radius 3 is 2.40 bits per heavy atom. The molecule has 1 aromatic carbocycles. The molecular formula is C17H26N2O. The first-order chi connectivity index (χ1) is 9.52. The Balaban J connectivity index is 2.70. The molecule has 0 aromatic heterocycles. The van der Waals surface area contributed by atoms with Crippen LogP contribution >= 0.6 is 0 Å². The number of hydrogen-bond acceptors (Lipinski definition) is 3. The molecule has 0 saturated heterocycles. The summed E-state index contributed by atoms with van der Waals surface area (Å²) in [5.41, 5.74) is 7.62. The number of rotatable bonds is 8. The Hall–Kier alpha value is -1.37. The zero-order valence-corrected chi connectivity index (χ0v) is 12.9. The molecule has 0 aliphatic rings. The highest BCUT2D eigenvalue weighted by atomic mass is 16.5. The minimum Gasteiger partial charge on any atom is -0.376 e. The van der Waals surface area contributed by atoms with Gasteiger partial charge in [-0.1, -0.05) is 12.1 Å². The minimum atomic E-state index is -0.0891. The molecule has 0 radical (unpaired) electrons. The number of benzene rings is 1. The summed E-state index contributed by atoms with van der Waals surface area (Å²) in [7, 11) is 0. The monoisotopic (exact) mass is 274 g/mol. The van der Waals surface area contributed by atoms with E-state index in [9.17, 15) is 0 Å². The van der Waals surface area contributed by atoms with Crippen molar-refractivity contribution < 1.29 is 4.74 Å². The van der Waals surface area contributed by atoms with Gasteiger partial charge in [0.05, 0.1) is 17.2 Å². The maximum Gasteiger partial charge on any atom is 0.0991 e. The van der Waals surface area contributed by atoms with Gasteiger partial charge in [-0.15, -0.1) is 0 Å². The molecular weight excluding hydrogens is 248 g/mol. The van der Waals surface area contributed by atoms with E-state index >= 15 is 0 Å². The van der Waals surface area contributed by atoms with Gasteiger partial charge in [-0.3, -0.25) is 0 Å². The van der Waals surface area contributed by atoms with Crippen molar-refractivity contribution in [3.8, 4) is 6.07 Å². The van der Waals surface area contributed by atoms with Crippen LogP contribution in [0.4, 0.5) is 0 Å². The van der Waals surface area contributed by atoms with Crippen LogP contribution in [-0.4, -0.2) is 18.8 Å². The SMILES string of the molecule is CCOC(C)(C)CCC(CCN)c1ccc(C#N)cc1. The lowest BCUT2D eigenvalue weighted by molar-refractivity contribution is -0.0187. The summed E-state index contributed by atoms with van der Waals surface area (Å²) in [6, 6.07) is 10.0. The van der Waals surface area contributed by atoms with Crippen molar-refractivity contribution in [2.75, 3.05) is 13.2 Å². The van der Waals surface area contributed by atoms with Crippen molar-refractivity contribution in [1.29, 1.82) is 5.26 Å². The van der Waals surface area contributed by atoms with Crippen LogP contribution in [0.5, 0.6) is 0 Å². The third-order valence-electron chi connectivity index (χ3n) is 3.66. The maximum absolute atomic E-state index is 8.85. The molecule has 20 heavy (non-hydrogen) atoms. The third-order valence-corrected chi connectivity index (χ3v) is 3.66. The predicted octanol–water partition coefficient (Wildman–Crippen LogP) is 3.59. The second-order valence-corrected chi connectivity index (χ2v) is 5.74. The van der Waals surface area contributed by atoms with E-state index in [4.69, 9.17) is 15.7 Å². The van der Waals surface area contributed by atoms with Gasteiger partial charge in [-0.25, -0.2) is 0 Å². The normalized spacial score (nSPS) is 12.9. The van der Waals surface area contributed by atoms with Crippen molar-refractivity contribution in [1.82, 2.24) is 0 Å². The van der Waals surface area contributed by atoms with Crippen LogP contribution in [0.1, 0.15) is 57.1 Å². The van der Waals surface area contributed by atoms with E-state index < -0.39 is 0 Å². The Labute approximate surface area is 122 Å². The molecule has 0 fully saturated rings. The van der Waals surface area contributed by atoms with E-state index in [1.807, 2.05) is 31.2 Å². The molecule has 1 rings (SSSR count). The van der Waals surface area contributed by atoms with Gasteiger partial charge in [-0.2, -0.15) is 5.26 Å². The van der Waals surface area contributed by atoms with Gasteiger partial charge in [0.1, 0.15) is 0 Å². The van der Waals surface area contributed by atoms with Crippen LogP contribution in [0.25, 0.3) is 0 Å².